The number of hydrogen-bond donors (Lipinski definition) is 2. The molecule has 0 aliphatic heterocycles. The minimum Gasteiger partial charge on any atom is -0.351 e. The molecule has 0 saturated heterocycles. The van der Waals surface area contributed by atoms with Gasteiger partial charge in [-0.3, -0.25) is 4.79 Å². The van der Waals surface area contributed by atoms with Crippen LogP contribution in [0.4, 0.5) is 0 Å². The molecule has 0 aliphatic carbocycles. The Morgan fingerprint density at radius 1 is 1.44 bits per heavy atom. The number of benzene rings is 1. The lowest BCUT2D eigenvalue weighted by molar-refractivity contribution is 0.0955. The molecule has 2 rings (SSSR count). The fourth-order valence-electron chi connectivity index (χ4n) is 1.56. The average Bonchev–Trinajstić information content (AvgIpc) is 2.82. The molecule has 3 N–H and O–H groups in total. The molecule has 6 nitrogen and oxygen atoms in total. The van der Waals surface area contributed by atoms with Crippen LogP contribution >= 0.6 is 0 Å². The molecule has 2 aromatic rings. The fourth-order valence-corrected chi connectivity index (χ4v) is 1.56. The molecule has 94 valence electrons. The van der Waals surface area contributed by atoms with Gasteiger partial charge in [-0.2, -0.15) is 4.98 Å². The minimum absolute atomic E-state index is 0.202. The van der Waals surface area contributed by atoms with E-state index in [0.29, 0.717) is 35.9 Å². The van der Waals surface area contributed by atoms with Gasteiger partial charge < -0.3 is 15.6 Å². The Kier molecular flexibility index (Phi) is 3.69. The third-order valence-corrected chi connectivity index (χ3v) is 2.36. The summed E-state index contributed by atoms with van der Waals surface area (Å²) < 4.78 is 5.08. The van der Waals surface area contributed by atoms with Crippen molar-refractivity contribution >= 4 is 5.91 Å². The second-order valence-corrected chi connectivity index (χ2v) is 3.74. The van der Waals surface area contributed by atoms with E-state index in [4.69, 9.17) is 10.3 Å². The van der Waals surface area contributed by atoms with Gasteiger partial charge in [-0.05, 0) is 19.1 Å². The fraction of sp³-hybridized carbons (Fsp3) is 0.250. The van der Waals surface area contributed by atoms with Crippen molar-refractivity contribution in [1.29, 1.82) is 0 Å². The average molecular weight is 246 g/mol. The number of rotatable bonds is 4. The van der Waals surface area contributed by atoms with Crippen molar-refractivity contribution in [1.82, 2.24) is 15.5 Å². The van der Waals surface area contributed by atoms with E-state index < -0.39 is 0 Å². The Balaban J connectivity index is 2.34. The maximum absolute atomic E-state index is 11.9. The molecule has 0 spiro atoms. The summed E-state index contributed by atoms with van der Waals surface area (Å²) in [4.78, 5) is 16.1. The lowest BCUT2D eigenvalue weighted by Crippen LogP contribution is -2.29. The standard InChI is InChI=1S/C12H14N4O2/c1-8-15-12(18-16-8)10-5-3-2-4-9(10)11(17)14-7-6-13/h2-5H,6-7,13H2,1H3,(H,14,17). The predicted octanol–water partition coefficient (Wildman–Crippen LogP) is 0.734. The Labute approximate surface area is 104 Å². The van der Waals surface area contributed by atoms with Crippen LogP contribution in [0.5, 0.6) is 0 Å². The van der Waals surface area contributed by atoms with E-state index in [9.17, 15) is 4.79 Å². The van der Waals surface area contributed by atoms with Crippen LogP contribution in [0.15, 0.2) is 28.8 Å². The van der Waals surface area contributed by atoms with Crippen molar-refractivity contribution in [2.75, 3.05) is 13.1 Å². The molecule has 0 radical (unpaired) electrons. The molecule has 1 aromatic heterocycles. The highest BCUT2D eigenvalue weighted by Crippen LogP contribution is 2.21. The van der Waals surface area contributed by atoms with Gasteiger partial charge in [0.1, 0.15) is 0 Å². The topological polar surface area (TPSA) is 94.0 Å². The van der Waals surface area contributed by atoms with Gasteiger partial charge in [0.25, 0.3) is 11.8 Å². The van der Waals surface area contributed by atoms with Crippen molar-refractivity contribution < 1.29 is 9.32 Å². The van der Waals surface area contributed by atoms with Crippen molar-refractivity contribution in [3.8, 4) is 11.5 Å². The molecule has 1 aromatic carbocycles. The summed E-state index contributed by atoms with van der Waals surface area (Å²) in [5.41, 5.74) is 6.46. The van der Waals surface area contributed by atoms with Crippen molar-refractivity contribution in [2.45, 2.75) is 6.92 Å². The maximum atomic E-state index is 11.9. The van der Waals surface area contributed by atoms with E-state index in [1.165, 1.54) is 0 Å². The molecule has 0 bridgehead atoms. The largest absolute Gasteiger partial charge is 0.351 e. The van der Waals surface area contributed by atoms with Gasteiger partial charge in [-0.1, -0.05) is 17.3 Å². The Morgan fingerprint density at radius 3 is 2.89 bits per heavy atom. The van der Waals surface area contributed by atoms with Crippen molar-refractivity contribution in [2.24, 2.45) is 5.73 Å². The number of aryl methyl sites for hydroxylation is 1. The first kappa shape index (κ1) is 12.3. The van der Waals surface area contributed by atoms with E-state index in [-0.39, 0.29) is 5.91 Å². The number of amides is 1. The molecule has 0 aliphatic rings. The summed E-state index contributed by atoms with van der Waals surface area (Å²) in [7, 11) is 0. The lowest BCUT2D eigenvalue weighted by Gasteiger charge is -2.06. The molecule has 0 fully saturated rings. The Bertz CT molecular complexity index is 551. The minimum atomic E-state index is -0.202. The smallest absolute Gasteiger partial charge is 0.258 e. The van der Waals surface area contributed by atoms with E-state index in [2.05, 4.69) is 15.5 Å². The number of aromatic nitrogens is 2. The lowest BCUT2D eigenvalue weighted by atomic mass is 10.1. The highest BCUT2D eigenvalue weighted by molar-refractivity contribution is 5.99. The monoisotopic (exact) mass is 246 g/mol. The van der Waals surface area contributed by atoms with E-state index in [0.717, 1.165) is 0 Å². The van der Waals surface area contributed by atoms with Crippen LogP contribution in [-0.2, 0) is 0 Å². The third-order valence-electron chi connectivity index (χ3n) is 2.36. The SMILES string of the molecule is Cc1noc(-c2ccccc2C(=O)NCCN)n1. The van der Waals surface area contributed by atoms with Gasteiger partial charge >= 0.3 is 0 Å². The molecule has 0 atom stereocenters. The number of nitrogens with zero attached hydrogens (tertiary/aromatic N) is 2. The summed E-state index contributed by atoms with van der Waals surface area (Å²) in [5.74, 6) is 0.667. The molecular weight excluding hydrogens is 232 g/mol. The molecule has 0 saturated carbocycles. The zero-order chi connectivity index (χ0) is 13.0. The van der Waals surface area contributed by atoms with Crippen LogP contribution in [-0.4, -0.2) is 29.1 Å². The molecular formula is C12H14N4O2. The summed E-state index contributed by atoms with van der Waals surface area (Å²) in [6.07, 6.45) is 0. The normalized spacial score (nSPS) is 10.3. The first-order chi connectivity index (χ1) is 8.72. The summed E-state index contributed by atoms with van der Waals surface area (Å²) in [5, 5.41) is 6.43. The van der Waals surface area contributed by atoms with Crippen LogP contribution in [0.25, 0.3) is 11.5 Å². The van der Waals surface area contributed by atoms with Crippen LogP contribution in [0.1, 0.15) is 16.2 Å². The van der Waals surface area contributed by atoms with Crippen LogP contribution in [0.3, 0.4) is 0 Å². The first-order valence-electron chi connectivity index (χ1n) is 5.60. The summed E-state index contributed by atoms with van der Waals surface area (Å²) in [6.45, 7) is 2.55. The molecule has 1 heterocycles. The van der Waals surface area contributed by atoms with Crippen LogP contribution in [0, 0.1) is 6.92 Å². The summed E-state index contributed by atoms with van der Waals surface area (Å²) in [6, 6.07) is 7.07. The number of nitrogens with two attached hydrogens (primary N) is 1. The van der Waals surface area contributed by atoms with Crippen molar-refractivity contribution in [3.05, 3.63) is 35.7 Å². The zero-order valence-electron chi connectivity index (χ0n) is 10.0. The predicted molar refractivity (Wildman–Crippen MR) is 65.9 cm³/mol. The number of carbonyl (C=O) groups excluding carboxylic acids is 1. The van der Waals surface area contributed by atoms with E-state index in [1.807, 2.05) is 6.07 Å². The van der Waals surface area contributed by atoms with Gasteiger partial charge in [0.2, 0.25) is 0 Å². The van der Waals surface area contributed by atoms with Gasteiger partial charge in [-0.15, -0.1) is 0 Å². The Hall–Kier alpha value is -2.21. The molecule has 0 unspecified atom stereocenters. The first-order valence-corrected chi connectivity index (χ1v) is 5.60. The summed E-state index contributed by atoms with van der Waals surface area (Å²) >= 11 is 0. The Morgan fingerprint density at radius 2 is 2.22 bits per heavy atom. The highest BCUT2D eigenvalue weighted by Gasteiger charge is 2.15. The number of carbonyl (C=O) groups is 1. The van der Waals surface area contributed by atoms with Gasteiger partial charge in [-0.25, -0.2) is 0 Å². The van der Waals surface area contributed by atoms with E-state index in [1.54, 1.807) is 25.1 Å². The van der Waals surface area contributed by atoms with Gasteiger partial charge in [0.15, 0.2) is 5.82 Å². The quantitative estimate of drug-likeness (QED) is 0.829. The molecule has 1 amide bonds. The van der Waals surface area contributed by atoms with Crippen molar-refractivity contribution in [3.63, 3.8) is 0 Å². The van der Waals surface area contributed by atoms with Crippen LogP contribution < -0.4 is 11.1 Å². The maximum Gasteiger partial charge on any atom is 0.258 e. The van der Waals surface area contributed by atoms with E-state index >= 15 is 0 Å². The third kappa shape index (κ3) is 2.54. The molecule has 18 heavy (non-hydrogen) atoms. The number of hydrogen-bond acceptors (Lipinski definition) is 5. The number of nitrogens with one attached hydrogen (secondary N) is 1. The highest BCUT2D eigenvalue weighted by atomic mass is 16.5. The van der Waals surface area contributed by atoms with Crippen LogP contribution in [0.2, 0.25) is 0 Å². The molecule has 6 heteroatoms. The van der Waals surface area contributed by atoms with Gasteiger partial charge in [0.05, 0.1) is 11.1 Å². The second-order valence-electron chi connectivity index (χ2n) is 3.74. The second kappa shape index (κ2) is 5.42. The van der Waals surface area contributed by atoms with Gasteiger partial charge in [0, 0.05) is 13.1 Å². The zero-order valence-corrected chi connectivity index (χ0v) is 10.0.